The summed E-state index contributed by atoms with van der Waals surface area (Å²) in [4.78, 5) is 15.4. The van der Waals surface area contributed by atoms with Gasteiger partial charge in [-0.15, -0.1) is 5.10 Å². The van der Waals surface area contributed by atoms with Crippen molar-refractivity contribution in [3.05, 3.63) is 40.7 Å². The molecule has 0 aliphatic rings. The SMILES string of the molecule is Cc1nc(C(=O)Nc2cccc(Cl)c2F)n[nH]1. The number of nitrogens with one attached hydrogen (secondary N) is 2. The fourth-order valence-electron chi connectivity index (χ4n) is 1.22. The summed E-state index contributed by atoms with van der Waals surface area (Å²) >= 11 is 5.58. The zero-order valence-electron chi connectivity index (χ0n) is 8.79. The number of hydrogen-bond donors (Lipinski definition) is 2. The Morgan fingerprint density at radius 1 is 1.53 bits per heavy atom. The molecule has 2 rings (SSSR count). The van der Waals surface area contributed by atoms with E-state index in [2.05, 4.69) is 20.5 Å². The summed E-state index contributed by atoms with van der Waals surface area (Å²) in [6.07, 6.45) is 0. The van der Waals surface area contributed by atoms with E-state index in [0.717, 1.165) is 0 Å². The van der Waals surface area contributed by atoms with Crippen molar-refractivity contribution < 1.29 is 9.18 Å². The molecule has 0 fully saturated rings. The number of benzene rings is 1. The van der Waals surface area contributed by atoms with Crippen molar-refractivity contribution in [3.8, 4) is 0 Å². The first-order chi connectivity index (χ1) is 8.08. The van der Waals surface area contributed by atoms with Crippen LogP contribution in [0, 0.1) is 12.7 Å². The minimum absolute atomic E-state index is 0.00930. The number of carbonyl (C=O) groups excluding carboxylic acids is 1. The molecule has 0 unspecified atom stereocenters. The number of rotatable bonds is 2. The van der Waals surface area contributed by atoms with Gasteiger partial charge in [-0.2, -0.15) is 0 Å². The van der Waals surface area contributed by atoms with Crippen LogP contribution < -0.4 is 5.32 Å². The predicted molar refractivity (Wildman–Crippen MR) is 60.5 cm³/mol. The second-order valence-corrected chi connectivity index (χ2v) is 3.71. The Morgan fingerprint density at radius 2 is 2.29 bits per heavy atom. The average molecular weight is 255 g/mol. The molecule has 0 aliphatic carbocycles. The van der Waals surface area contributed by atoms with Crippen LogP contribution in [0.3, 0.4) is 0 Å². The zero-order chi connectivity index (χ0) is 12.4. The van der Waals surface area contributed by atoms with Gasteiger partial charge in [-0.05, 0) is 19.1 Å². The highest BCUT2D eigenvalue weighted by Gasteiger charge is 2.14. The van der Waals surface area contributed by atoms with Gasteiger partial charge in [0.2, 0.25) is 5.82 Å². The molecule has 88 valence electrons. The Kier molecular flexibility index (Phi) is 3.06. The van der Waals surface area contributed by atoms with Crippen LogP contribution in [0.15, 0.2) is 18.2 Å². The van der Waals surface area contributed by atoms with Crippen LogP contribution in [0.5, 0.6) is 0 Å². The lowest BCUT2D eigenvalue weighted by Gasteiger charge is -2.04. The number of aromatic amines is 1. The van der Waals surface area contributed by atoms with Crippen LogP contribution in [0.4, 0.5) is 10.1 Å². The van der Waals surface area contributed by atoms with E-state index in [1.807, 2.05) is 0 Å². The Hall–Kier alpha value is -1.95. The predicted octanol–water partition coefficient (Wildman–Crippen LogP) is 2.16. The van der Waals surface area contributed by atoms with E-state index in [1.165, 1.54) is 18.2 Å². The van der Waals surface area contributed by atoms with Gasteiger partial charge in [0, 0.05) is 0 Å². The number of carbonyl (C=O) groups is 1. The van der Waals surface area contributed by atoms with Gasteiger partial charge in [-0.25, -0.2) is 9.37 Å². The van der Waals surface area contributed by atoms with E-state index in [9.17, 15) is 9.18 Å². The van der Waals surface area contributed by atoms with Crippen molar-refractivity contribution in [1.29, 1.82) is 0 Å². The van der Waals surface area contributed by atoms with Gasteiger partial charge in [-0.3, -0.25) is 9.89 Å². The maximum atomic E-state index is 13.5. The number of H-pyrrole nitrogens is 1. The van der Waals surface area contributed by atoms with Crippen molar-refractivity contribution in [2.75, 3.05) is 5.32 Å². The number of nitrogens with zero attached hydrogens (tertiary/aromatic N) is 2. The van der Waals surface area contributed by atoms with Gasteiger partial charge < -0.3 is 5.32 Å². The van der Waals surface area contributed by atoms with Crippen molar-refractivity contribution >= 4 is 23.2 Å². The van der Waals surface area contributed by atoms with E-state index < -0.39 is 11.7 Å². The van der Waals surface area contributed by atoms with Crippen LogP contribution in [0.25, 0.3) is 0 Å². The first-order valence-corrected chi connectivity index (χ1v) is 5.10. The molecule has 0 spiro atoms. The summed E-state index contributed by atoms with van der Waals surface area (Å²) in [5.74, 6) is -0.839. The lowest BCUT2D eigenvalue weighted by Crippen LogP contribution is -2.14. The van der Waals surface area contributed by atoms with Gasteiger partial charge >= 0.3 is 0 Å². The number of hydrogen-bond acceptors (Lipinski definition) is 3. The van der Waals surface area contributed by atoms with E-state index in [1.54, 1.807) is 6.92 Å². The van der Waals surface area contributed by atoms with Crippen LogP contribution in [0.2, 0.25) is 5.02 Å². The van der Waals surface area contributed by atoms with Crippen molar-refractivity contribution in [2.45, 2.75) is 6.92 Å². The van der Waals surface area contributed by atoms with E-state index in [0.29, 0.717) is 5.82 Å². The number of anilines is 1. The highest BCUT2D eigenvalue weighted by Crippen LogP contribution is 2.22. The third-order valence-corrected chi connectivity index (χ3v) is 2.29. The first kappa shape index (κ1) is 11.5. The van der Waals surface area contributed by atoms with Crippen molar-refractivity contribution in [3.63, 3.8) is 0 Å². The van der Waals surface area contributed by atoms with Gasteiger partial charge in [0.05, 0.1) is 10.7 Å². The Labute approximate surface area is 101 Å². The summed E-state index contributed by atoms with van der Waals surface area (Å²) in [6, 6.07) is 4.33. The van der Waals surface area contributed by atoms with Gasteiger partial charge in [0.25, 0.3) is 5.91 Å². The molecule has 1 amide bonds. The van der Waals surface area contributed by atoms with Crippen LogP contribution in [-0.2, 0) is 0 Å². The Bertz CT molecular complexity index is 569. The first-order valence-electron chi connectivity index (χ1n) is 4.72. The van der Waals surface area contributed by atoms with Crippen molar-refractivity contribution in [1.82, 2.24) is 15.2 Å². The molecule has 7 heteroatoms. The smallest absolute Gasteiger partial charge is 0.295 e. The molecule has 0 radical (unpaired) electrons. The highest BCUT2D eigenvalue weighted by molar-refractivity contribution is 6.31. The number of aromatic nitrogens is 3. The normalized spacial score (nSPS) is 10.3. The maximum Gasteiger partial charge on any atom is 0.295 e. The third-order valence-electron chi connectivity index (χ3n) is 2.00. The summed E-state index contributed by atoms with van der Waals surface area (Å²) in [5, 5.41) is 8.46. The topological polar surface area (TPSA) is 70.7 Å². The molecule has 0 saturated carbocycles. The molecule has 2 N–H and O–H groups in total. The molecule has 0 bridgehead atoms. The molecule has 2 aromatic rings. The lowest BCUT2D eigenvalue weighted by molar-refractivity contribution is 0.101. The summed E-state index contributed by atoms with van der Waals surface area (Å²) < 4.78 is 13.5. The molecular weight excluding hydrogens is 247 g/mol. The maximum absolute atomic E-state index is 13.5. The quantitative estimate of drug-likeness (QED) is 0.863. The van der Waals surface area contributed by atoms with Crippen LogP contribution in [-0.4, -0.2) is 21.1 Å². The van der Waals surface area contributed by atoms with Gasteiger partial charge in [0.1, 0.15) is 5.82 Å². The number of halogens is 2. The fraction of sp³-hybridized carbons (Fsp3) is 0.100. The highest BCUT2D eigenvalue weighted by atomic mass is 35.5. The fourth-order valence-corrected chi connectivity index (χ4v) is 1.40. The van der Waals surface area contributed by atoms with Gasteiger partial charge in [-0.1, -0.05) is 17.7 Å². The molecule has 17 heavy (non-hydrogen) atoms. The summed E-state index contributed by atoms with van der Waals surface area (Å²) in [7, 11) is 0. The van der Waals surface area contributed by atoms with E-state index >= 15 is 0 Å². The molecule has 0 aliphatic heterocycles. The monoisotopic (exact) mass is 254 g/mol. The number of amides is 1. The Morgan fingerprint density at radius 3 is 2.94 bits per heavy atom. The second-order valence-electron chi connectivity index (χ2n) is 3.30. The third kappa shape index (κ3) is 2.42. The minimum Gasteiger partial charge on any atom is -0.317 e. The molecule has 0 saturated heterocycles. The molecular formula is C10H8ClFN4O. The zero-order valence-corrected chi connectivity index (χ0v) is 9.55. The summed E-state index contributed by atoms with van der Waals surface area (Å²) in [6.45, 7) is 1.66. The largest absolute Gasteiger partial charge is 0.317 e. The number of aryl methyl sites for hydroxylation is 1. The van der Waals surface area contributed by atoms with Crippen LogP contribution in [0.1, 0.15) is 16.4 Å². The summed E-state index contributed by atoms with van der Waals surface area (Å²) in [5.41, 5.74) is -0.00930. The van der Waals surface area contributed by atoms with Crippen LogP contribution >= 0.6 is 11.6 Å². The minimum atomic E-state index is -0.685. The van der Waals surface area contributed by atoms with E-state index in [-0.39, 0.29) is 16.5 Å². The molecule has 5 nitrogen and oxygen atoms in total. The van der Waals surface area contributed by atoms with Crippen molar-refractivity contribution in [2.24, 2.45) is 0 Å². The second kappa shape index (κ2) is 4.50. The standard InChI is InChI=1S/C10H8ClFN4O/c1-5-13-9(16-15-5)10(17)14-7-4-2-3-6(11)8(7)12/h2-4H,1H3,(H,14,17)(H,13,15,16). The molecule has 0 atom stereocenters. The Balaban J connectivity index is 2.21. The van der Waals surface area contributed by atoms with Gasteiger partial charge in [0.15, 0.2) is 5.82 Å². The lowest BCUT2D eigenvalue weighted by atomic mass is 10.3. The molecule has 1 heterocycles. The molecule has 1 aromatic heterocycles. The molecule has 1 aromatic carbocycles. The average Bonchev–Trinajstić information content (AvgIpc) is 2.72. The van der Waals surface area contributed by atoms with E-state index in [4.69, 9.17) is 11.6 Å².